The maximum atomic E-state index is 2.51. The fourth-order valence-corrected chi connectivity index (χ4v) is 11.3. The van der Waals surface area contributed by atoms with Crippen molar-refractivity contribution < 1.29 is 0 Å². The van der Waals surface area contributed by atoms with Gasteiger partial charge in [-0.05, 0) is 127 Å². The van der Waals surface area contributed by atoms with Crippen LogP contribution >= 0.6 is 0 Å². The number of benzene rings is 11. The molecule has 11 aromatic rings. The van der Waals surface area contributed by atoms with Gasteiger partial charge in [-0.25, -0.2) is 0 Å². The quantitative estimate of drug-likeness (QED) is 0.143. The van der Waals surface area contributed by atoms with E-state index < -0.39 is 5.41 Å². The summed E-state index contributed by atoms with van der Waals surface area (Å²) in [5.74, 6) is 0. The zero-order valence-corrected chi connectivity index (χ0v) is 38.0. The van der Waals surface area contributed by atoms with Crippen molar-refractivity contribution in [1.29, 1.82) is 0 Å². The first-order chi connectivity index (χ1) is 34.3. The van der Waals surface area contributed by atoms with Crippen LogP contribution in [0.4, 0.5) is 34.1 Å². The summed E-state index contributed by atoms with van der Waals surface area (Å²) in [7, 11) is 0. The third-order valence-electron chi connectivity index (χ3n) is 14.3. The van der Waals surface area contributed by atoms with Crippen molar-refractivity contribution in [2.24, 2.45) is 0 Å². The molecule has 1 spiro atoms. The summed E-state index contributed by atoms with van der Waals surface area (Å²) in [6.07, 6.45) is 0. The minimum absolute atomic E-state index is 0.552. The SMILES string of the molecule is c1ccc(-c2ccc(N(c3ccccc3)c3ccc4c(c3)-c3c(N(c5ccc(-c6ccccc6)cc5)c5ccccc5-c5ccccc5)cccc3C43c4ccccc4-c4ccccc43)cc2)cc1. The number of nitrogens with zero attached hydrogens (tertiary/aromatic N) is 2. The molecule has 0 amide bonds. The Bertz CT molecular complexity index is 3590. The molecule has 11 aromatic carbocycles. The Labute approximate surface area is 404 Å². The Kier molecular flexibility index (Phi) is 9.77. The van der Waals surface area contributed by atoms with E-state index in [0.29, 0.717) is 0 Å². The van der Waals surface area contributed by atoms with Crippen LogP contribution in [0.1, 0.15) is 22.3 Å². The maximum absolute atomic E-state index is 2.51. The van der Waals surface area contributed by atoms with Crippen LogP contribution in [0.2, 0.25) is 0 Å². The van der Waals surface area contributed by atoms with Gasteiger partial charge in [0.2, 0.25) is 0 Å². The molecular formula is C67H46N2. The molecule has 0 saturated carbocycles. The number of para-hydroxylation sites is 2. The van der Waals surface area contributed by atoms with E-state index in [1.807, 2.05) is 0 Å². The molecule has 0 bridgehead atoms. The molecule has 2 nitrogen and oxygen atoms in total. The number of hydrogen-bond donors (Lipinski definition) is 0. The Hall–Kier alpha value is -8.98. The van der Waals surface area contributed by atoms with Crippen molar-refractivity contribution in [2.45, 2.75) is 5.41 Å². The molecule has 0 radical (unpaired) electrons. The van der Waals surface area contributed by atoms with Gasteiger partial charge in [0.05, 0.1) is 16.8 Å². The lowest BCUT2D eigenvalue weighted by Gasteiger charge is -2.32. The number of hydrogen-bond acceptors (Lipinski definition) is 2. The van der Waals surface area contributed by atoms with Crippen molar-refractivity contribution in [1.82, 2.24) is 0 Å². The van der Waals surface area contributed by atoms with E-state index in [0.717, 1.165) is 39.7 Å². The van der Waals surface area contributed by atoms with Crippen molar-refractivity contribution in [3.8, 4) is 55.6 Å². The van der Waals surface area contributed by atoms with Crippen LogP contribution in [0, 0.1) is 0 Å². The summed E-state index contributed by atoms with van der Waals surface area (Å²) in [6, 6.07) is 102. The molecule has 2 aliphatic carbocycles. The van der Waals surface area contributed by atoms with E-state index in [1.165, 1.54) is 72.3 Å². The minimum Gasteiger partial charge on any atom is -0.310 e. The zero-order chi connectivity index (χ0) is 45.7. The van der Waals surface area contributed by atoms with Gasteiger partial charge in [0.1, 0.15) is 0 Å². The first-order valence-electron chi connectivity index (χ1n) is 23.8. The smallest absolute Gasteiger partial charge is 0.0726 e. The molecule has 0 unspecified atom stereocenters. The topological polar surface area (TPSA) is 6.48 Å². The summed E-state index contributed by atoms with van der Waals surface area (Å²) >= 11 is 0. The highest BCUT2D eigenvalue weighted by atomic mass is 15.2. The van der Waals surface area contributed by atoms with Gasteiger partial charge in [0.25, 0.3) is 0 Å². The average Bonchev–Trinajstić information content (AvgIpc) is 3.90. The van der Waals surface area contributed by atoms with Gasteiger partial charge in [-0.1, -0.05) is 218 Å². The summed E-state index contributed by atoms with van der Waals surface area (Å²) in [5, 5.41) is 0. The lowest BCUT2D eigenvalue weighted by atomic mass is 9.70. The Morgan fingerprint density at radius 2 is 0.609 bits per heavy atom. The monoisotopic (exact) mass is 878 g/mol. The maximum Gasteiger partial charge on any atom is 0.0726 e. The molecule has 0 aromatic heterocycles. The predicted molar refractivity (Wildman–Crippen MR) is 288 cm³/mol. The fourth-order valence-electron chi connectivity index (χ4n) is 11.3. The molecule has 0 atom stereocenters. The van der Waals surface area contributed by atoms with Gasteiger partial charge in [0, 0.05) is 33.9 Å². The van der Waals surface area contributed by atoms with Crippen molar-refractivity contribution in [2.75, 3.05) is 9.80 Å². The molecule has 2 aliphatic rings. The molecule has 2 heteroatoms. The van der Waals surface area contributed by atoms with Gasteiger partial charge in [-0.15, -0.1) is 0 Å². The average molecular weight is 879 g/mol. The fraction of sp³-hybridized carbons (Fsp3) is 0.0149. The van der Waals surface area contributed by atoms with Gasteiger partial charge in [0.15, 0.2) is 0 Å². The van der Waals surface area contributed by atoms with Crippen LogP contribution in [0.3, 0.4) is 0 Å². The van der Waals surface area contributed by atoms with E-state index >= 15 is 0 Å². The lowest BCUT2D eigenvalue weighted by Crippen LogP contribution is -2.26. The molecule has 324 valence electrons. The Balaban J connectivity index is 1.09. The van der Waals surface area contributed by atoms with Crippen LogP contribution in [-0.2, 0) is 5.41 Å². The summed E-state index contributed by atoms with van der Waals surface area (Å²) in [6.45, 7) is 0. The largest absolute Gasteiger partial charge is 0.310 e. The van der Waals surface area contributed by atoms with E-state index in [9.17, 15) is 0 Å². The molecular weight excluding hydrogens is 833 g/mol. The molecule has 69 heavy (non-hydrogen) atoms. The van der Waals surface area contributed by atoms with Gasteiger partial charge < -0.3 is 9.80 Å². The summed E-state index contributed by atoms with van der Waals surface area (Å²) in [4.78, 5) is 4.92. The van der Waals surface area contributed by atoms with Crippen molar-refractivity contribution >= 4 is 34.1 Å². The van der Waals surface area contributed by atoms with E-state index in [1.54, 1.807) is 0 Å². The second-order valence-corrected chi connectivity index (χ2v) is 18.0. The molecule has 0 N–H and O–H groups in total. The Morgan fingerprint density at radius 1 is 0.217 bits per heavy atom. The number of rotatable bonds is 9. The van der Waals surface area contributed by atoms with Crippen molar-refractivity contribution in [3.05, 3.63) is 301 Å². The van der Waals surface area contributed by atoms with Crippen LogP contribution in [0.5, 0.6) is 0 Å². The zero-order valence-electron chi connectivity index (χ0n) is 38.0. The van der Waals surface area contributed by atoms with E-state index in [4.69, 9.17) is 0 Å². The highest BCUT2D eigenvalue weighted by Crippen LogP contribution is 2.65. The first kappa shape index (κ1) is 40.3. The van der Waals surface area contributed by atoms with Crippen LogP contribution in [0.15, 0.2) is 279 Å². The molecule has 0 heterocycles. The van der Waals surface area contributed by atoms with Crippen LogP contribution < -0.4 is 9.80 Å². The highest BCUT2D eigenvalue weighted by Gasteiger charge is 2.52. The summed E-state index contributed by atoms with van der Waals surface area (Å²) < 4.78 is 0. The predicted octanol–water partition coefficient (Wildman–Crippen LogP) is 18.0. The first-order valence-corrected chi connectivity index (χ1v) is 23.8. The Morgan fingerprint density at radius 3 is 1.19 bits per heavy atom. The normalized spacial score (nSPS) is 12.5. The van der Waals surface area contributed by atoms with E-state index in [2.05, 4.69) is 289 Å². The molecule has 0 fully saturated rings. The number of fused-ring (bicyclic) bond motifs is 10. The van der Waals surface area contributed by atoms with Crippen LogP contribution in [-0.4, -0.2) is 0 Å². The summed E-state index contributed by atoms with van der Waals surface area (Å²) in [5.41, 5.74) is 23.4. The van der Waals surface area contributed by atoms with Gasteiger partial charge >= 0.3 is 0 Å². The molecule has 0 saturated heterocycles. The third kappa shape index (κ3) is 6.56. The second kappa shape index (κ2) is 16.7. The van der Waals surface area contributed by atoms with E-state index in [-0.39, 0.29) is 0 Å². The van der Waals surface area contributed by atoms with Crippen molar-refractivity contribution in [3.63, 3.8) is 0 Å². The highest BCUT2D eigenvalue weighted by molar-refractivity contribution is 6.03. The van der Waals surface area contributed by atoms with Gasteiger partial charge in [-0.2, -0.15) is 0 Å². The standard InChI is InChI=1S/C67H46N2/c1-5-20-47(21-6-1)49-36-40-53(41-37-49)68(52-26-11-4-12-27-52)55-44-45-62-59(46-55)66-63(67(62)60-31-16-13-29-57(60)58-30-14-17-32-61(58)67)33-19-35-65(66)69(54-42-38-50(39-43-54)48-22-7-2-8-23-48)64-34-18-15-28-56(64)51-24-9-3-10-25-51/h1-46H. The minimum atomic E-state index is -0.552. The number of anilines is 6. The van der Waals surface area contributed by atoms with Gasteiger partial charge in [-0.3, -0.25) is 0 Å². The second-order valence-electron chi connectivity index (χ2n) is 18.0. The van der Waals surface area contributed by atoms with Crippen LogP contribution in [0.25, 0.3) is 55.6 Å². The lowest BCUT2D eigenvalue weighted by molar-refractivity contribution is 0.793. The molecule has 0 aliphatic heterocycles. The third-order valence-corrected chi connectivity index (χ3v) is 14.3. The molecule has 13 rings (SSSR count).